The van der Waals surface area contributed by atoms with Gasteiger partial charge in [-0.2, -0.15) is 0 Å². The summed E-state index contributed by atoms with van der Waals surface area (Å²) in [6, 6.07) is 15.5. The molecule has 1 aliphatic rings. The highest BCUT2D eigenvalue weighted by atomic mass is 14.9. The van der Waals surface area contributed by atoms with Crippen molar-refractivity contribution in [1.82, 2.24) is 5.32 Å². The molecule has 3 N–H and O–H groups in total. The first-order valence-electron chi connectivity index (χ1n) is 7.46. The summed E-state index contributed by atoms with van der Waals surface area (Å²) in [4.78, 5) is 0. The molecule has 1 aliphatic carbocycles. The van der Waals surface area contributed by atoms with Crippen LogP contribution >= 0.6 is 0 Å². The number of rotatable bonds is 4. The molecule has 0 bridgehead atoms. The lowest BCUT2D eigenvalue weighted by atomic mass is 10.0. The molecule has 0 fully saturated rings. The number of nitrogen functional groups attached to an aromatic ring is 1. The Balaban J connectivity index is 1.72. The van der Waals surface area contributed by atoms with E-state index in [1.165, 1.54) is 28.7 Å². The normalized spacial score (nSPS) is 17.1. The van der Waals surface area contributed by atoms with Gasteiger partial charge in [0.05, 0.1) is 0 Å². The van der Waals surface area contributed by atoms with Crippen LogP contribution in [-0.2, 0) is 19.4 Å². The van der Waals surface area contributed by atoms with E-state index in [0.29, 0.717) is 6.04 Å². The summed E-state index contributed by atoms with van der Waals surface area (Å²) in [5.41, 5.74) is 12.4. The molecule has 2 heteroatoms. The Kier molecular flexibility index (Phi) is 3.75. The standard InChI is InChI=1S/C18H22N2/c1-2-13-5-3-4-6-15(13)12-20-18-10-7-14-11-16(19)8-9-17(14)18/h3-6,8-9,11,18,20H,2,7,10,12,19H2,1H3. The smallest absolute Gasteiger partial charge is 0.0329 e. The molecular weight excluding hydrogens is 244 g/mol. The summed E-state index contributed by atoms with van der Waals surface area (Å²) >= 11 is 0. The Morgan fingerprint density at radius 2 is 1.95 bits per heavy atom. The van der Waals surface area contributed by atoms with Crippen LogP contribution in [-0.4, -0.2) is 0 Å². The van der Waals surface area contributed by atoms with Gasteiger partial charge in [0.1, 0.15) is 0 Å². The number of aryl methyl sites for hydroxylation is 2. The molecule has 0 aliphatic heterocycles. The van der Waals surface area contributed by atoms with Crippen molar-refractivity contribution in [3.63, 3.8) is 0 Å². The predicted molar refractivity (Wildman–Crippen MR) is 84.6 cm³/mol. The van der Waals surface area contributed by atoms with E-state index in [0.717, 1.165) is 25.1 Å². The van der Waals surface area contributed by atoms with Gasteiger partial charge in [-0.1, -0.05) is 37.3 Å². The summed E-state index contributed by atoms with van der Waals surface area (Å²) in [5, 5.41) is 3.71. The van der Waals surface area contributed by atoms with Crippen molar-refractivity contribution in [3.05, 3.63) is 64.7 Å². The van der Waals surface area contributed by atoms with Crippen molar-refractivity contribution < 1.29 is 0 Å². The summed E-state index contributed by atoms with van der Waals surface area (Å²) in [6.45, 7) is 3.16. The van der Waals surface area contributed by atoms with Crippen LogP contribution in [0.2, 0.25) is 0 Å². The molecule has 0 saturated carbocycles. The summed E-state index contributed by atoms with van der Waals surface area (Å²) < 4.78 is 0. The van der Waals surface area contributed by atoms with Crippen LogP contribution in [0, 0.1) is 0 Å². The van der Waals surface area contributed by atoms with E-state index < -0.39 is 0 Å². The Morgan fingerprint density at radius 1 is 1.15 bits per heavy atom. The summed E-state index contributed by atoms with van der Waals surface area (Å²) in [6.07, 6.45) is 3.40. The highest BCUT2D eigenvalue weighted by Gasteiger charge is 2.21. The molecule has 0 radical (unpaired) electrons. The highest BCUT2D eigenvalue weighted by Crippen LogP contribution is 2.32. The van der Waals surface area contributed by atoms with Crippen molar-refractivity contribution in [1.29, 1.82) is 0 Å². The topological polar surface area (TPSA) is 38.0 Å². The molecule has 2 aromatic rings. The first kappa shape index (κ1) is 13.2. The average Bonchev–Trinajstić information content (AvgIpc) is 2.87. The fraction of sp³-hybridized carbons (Fsp3) is 0.333. The number of hydrogen-bond acceptors (Lipinski definition) is 2. The van der Waals surface area contributed by atoms with E-state index in [1.54, 1.807) is 0 Å². The second-order valence-corrected chi connectivity index (χ2v) is 5.55. The first-order chi connectivity index (χ1) is 9.78. The lowest BCUT2D eigenvalue weighted by molar-refractivity contribution is 0.529. The maximum Gasteiger partial charge on any atom is 0.0329 e. The van der Waals surface area contributed by atoms with Gasteiger partial charge in [-0.15, -0.1) is 0 Å². The van der Waals surface area contributed by atoms with Crippen molar-refractivity contribution in [2.45, 2.75) is 38.8 Å². The predicted octanol–water partition coefficient (Wildman–Crippen LogP) is 3.61. The Bertz CT molecular complexity index is 604. The number of fused-ring (bicyclic) bond motifs is 1. The van der Waals surface area contributed by atoms with Gasteiger partial charge >= 0.3 is 0 Å². The fourth-order valence-corrected chi connectivity index (χ4v) is 3.16. The quantitative estimate of drug-likeness (QED) is 0.830. The average molecular weight is 266 g/mol. The Hall–Kier alpha value is -1.80. The van der Waals surface area contributed by atoms with Crippen molar-refractivity contribution in [2.24, 2.45) is 0 Å². The molecule has 0 heterocycles. The third-order valence-electron chi connectivity index (χ3n) is 4.28. The molecule has 0 aromatic heterocycles. The molecule has 2 nitrogen and oxygen atoms in total. The van der Waals surface area contributed by atoms with Crippen molar-refractivity contribution >= 4 is 5.69 Å². The zero-order valence-electron chi connectivity index (χ0n) is 12.0. The third kappa shape index (κ3) is 2.56. The van der Waals surface area contributed by atoms with Crippen LogP contribution in [0.25, 0.3) is 0 Å². The first-order valence-corrected chi connectivity index (χ1v) is 7.46. The van der Waals surface area contributed by atoms with Crippen LogP contribution in [0.5, 0.6) is 0 Å². The molecule has 1 atom stereocenters. The zero-order chi connectivity index (χ0) is 13.9. The van der Waals surface area contributed by atoms with Gasteiger partial charge in [-0.3, -0.25) is 0 Å². The summed E-state index contributed by atoms with van der Waals surface area (Å²) in [7, 11) is 0. The molecule has 0 saturated heterocycles. The number of nitrogens with two attached hydrogens (primary N) is 1. The lowest BCUT2D eigenvalue weighted by Gasteiger charge is -2.16. The van der Waals surface area contributed by atoms with Gasteiger partial charge in [-0.25, -0.2) is 0 Å². The van der Waals surface area contributed by atoms with E-state index in [1.807, 2.05) is 6.07 Å². The van der Waals surface area contributed by atoms with Crippen LogP contribution in [0.4, 0.5) is 5.69 Å². The van der Waals surface area contributed by atoms with Crippen molar-refractivity contribution in [2.75, 3.05) is 5.73 Å². The minimum absolute atomic E-state index is 0.468. The number of nitrogens with one attached hydrogen (secondary N) is 1. The highest BCUT2D eigenvalue weighted by molar-refractivity contribution is 5.47. The van der Waals surface area contributed by atoms with E-state index in [9.17, 15) is 0 Å². The summed E-state index contributed by atoms with van der Waals surface area (Å²) in [5.74, 6) is 0. The van der Waals surface area contributed by atoms with Gasteiger partial charge in [0, 0.05) is 18.3 Å². The van der Waals surface area contributed by atoms with Crippen LogP contribution in [0.1, 0.15) is 41.6 Å². The molecule has 3 rings (SSSR count). The Labute approximate surface area is 121 Å². The molecule has 0 spiro atoms. The van der Waals surface area contributed by atoms with Gasteiger partial charge < -0.3 is 11.1 Å². The molecule has 2 aromatic carbocycles. The van der Waals surface area contributed by atoms with Crippen LogP contribution in [0.3, 0.4) is 0 Å². The largest absolute Gasteiger partial charge is 0.399 e. The van der Waals surface area contributed by atoms with Gasteiger partial charge in [0.2, 0.25) is 0 Å². The molecule has 104 valence electrons. The minimum Gasteiger partial charge on any atom is -0.399 e. The number of anilines is 1. The van der Waals surface area contributed by atoms with E-state index >= 15 is 0 Å². The monoisotopic (exact) mass is 266 g/mol. The SMILES string of the molecule is CCc1ccccc1CNC1CCc2cc(N)ccc21. The number of benzene rings is 2. The van der Waals surface area contributed by atoms with Crippen LogP contribution < -0.4 is 11.1 Å². The second-order valence-electron chi connectivity index (χ2n) is 5.55. The second kappa shape index (κ2) is 5.68. The molecular formula is C18H22N2. The van der Waals surface area contributed by atoms with Crippen LogP contribution in [0.15, 0.2) is 42.5 Å². The zero-order valence-corrected chi connectivity index (χ0v) is 12.0. The molecule has 0 amide bonds. The molecule has 20 heavy (non-hydrogen) atoms. The van der Waals surface area contributed by atoms with Gasteiger partial charge in [0.15, 0.2) is 0 Å². The Morgan fingerprint density at radius 3 is 2.75 bits per heavy atom. The lowest BCUT2D eigenvalue weighted by Crippen LogP contribution is -2.19. The maximum absolute atomic E-state index is 5.86. The van der Waals surface area contributed by atoms with E-state index in [2.05, 4.69) is 48.6 Å². The fourth-order valence-electron chi connectivity index (χ4n) is 3.16. The van der Waals surface area contributed by atoms with E-state index in [4.69, 9.17) is 5.73 Å². The van der Waals surface area contributed by atoms with Crippen molar-refractivity contribution in [3.8, 4) is 0 Å². The van der Waals surface area contributed by atoms with Gasteiger partial charge in [-0.05, 0) is 53.6 Å². The van der Waals surface area contributed by atoms with Gasteiger partial charge in [0.25, 0.3) is 0 Å². The molecule has 1 unspecified atom stereocenters. The van der Waals surface area contributed by atoms with E-state index in [-0.39, 0.29) is 0 Å². The number of hydrogen-bond donors (Lipinski definition) is 2. The maximum atomic E-state index is 5.86. The minimum atomic E-state index is 0.468. The third-order valence-corrected chi connectivity index (χ3v) is 4.28.